The smallest absolute Gasteiger partial charge is 0.230 e. The van der Waals surface area contributed by atoms with Crippen molar-refractivity contribution in [2.24, 2.45) is 0 Å². The Labute approximate surface area is 155 Å². The third kappa shape index (κ3) is 5.13. The van der Waals surface area contributed by atoms with Crippen molar-refractivity contribution in [2.75, 3.05) is 11.9 Å². The molecule has 130 valence electrons. The zero-order valence-electron chi connectivity index (χ0n) is 13.9. The van der Waals surface area contributed by atoms with E-state index in [9.17, 15) is 4.79 Å². The number of nitrogens with zero attached hydrogens (tertiary/aromatic N) is 3. The van der Waals surface area contributed by atoms with Crippen LogP contribution in [0.25, 0.3) is 0 Å². The van der Waals surface area contributed by atoms with Crippen LogP contribution in [0.5, 0.6) is 5.75 Å². The number of hydrogen-bond acceptors (Lipinski definition) is 6. The van der Waals surface area contributed by atoms with Gasteiger partial charge in [-0.05, 0) is 36.4 Å². The first-order chi connectivity index (χ1) is 12.7. The number of nitrogens with one attached hydrogen (secondary N) is 1. The van der Waals surface area contributed by atoms with Crippen molar-refractivity contribution in [2.45, 2.75) is 12.8 Å². The van der Waals surface area contributed by atoms with Crippen molar-refractivity contribution >= 4 is 22.9 Å². The Morgan fingerprint density at radius 1 is 1.19 bits per heavy atom. The maximum Gasteiger partial charge on any atom is 0.230 e. The molecular weight excluding hydrogens is 348 g/mol. The maximum atomic E-state index is 12.2. The Kier molecular flexibility index (Phi) is 5.91. The molecule has 0 saturated carbocycles. The minimum Gasteiger partial charge on any atom is -0.479 e. The van der Waals surface area contributed by atoms with Crippen LogP contribution in [-0.2, 0) is 17.6 Å². The van der Waals surface area contributed by atoms with E-state index in [1.807, 2.05) is 29.6 Å². The largest absolute Gasteiger partial charge is 0.479 e. The number of rotatable bonds is 7. The Hall–Kier alpha value is -3.24. The lowest BCUT2D eigenvalue weighted by molar-refractivity contribution is -0.115. The number of aromatic nitrogens is 2. The van der Waals surface area contributed by atoms with Gasteiger partial charge in [-0.1, -0.05) is 6.07 Å². The molecule has 3 rings (SSSR count). The van der Waals surface area contributed by atoms with Crippen LogP contribution in [0.1, 0.15) is 16.4 Å². The number of carbonyl (C=O) groups is 1. The van der Waals surface area contributed by atoms with Gasteiger partial charge in [0.05, 0.1) is 17.1 Å². The Balaban J connectivity index is 1.53. The highest BCUT2D eigenvalue weighted by atomic mass is 32.1. The number of anilines is 1. The molecule has 0 aliphatic heterocycles. The fourth-order valence-electron chi connectivity index (χ4n) is 2.29. The molecule has 0 unspecified atom stereocenters. The van der Waals surface area contributed by atoms with Gasteiger partial charge < -0.3 is 10.1 Å². The molecule has 0 aliphatic carbocycles. The minimum atomic E-state index is -0.134. The molecule has 26 heavy (non-hydrogen) atoms. The average Bonchev–Trinajstić information content (AvgIpc) is 3.08. The van der Waals surface area contributed by atoms with Gasteiger partial charge in [0.2, 0.25) is 5.91 Å². The molecule has 0 bridgehead atoms. The van der Waals surface area contributed by atoms with Crippen LogP contribution >= 0.6 is 11.3 Å². The molecule has 6 nitrogen and oxygen atoms in total. The number of amides is 1. The standard InChI is InChI=1S/C19H16N4O2S/c20-8-10-25-17-6-4-14(5-7-17)22-18(24)11-16-13-26-19(23-16)12-15-3-1-2-9-21-15/h1-7,9,13H,10-12H2,(H,22,24). The van der Waals surface area contributed by atoms with E-state index < -0.39 is 0 Å². The molecule has 1 aromatic carbocycles. The van der Waals surface area contributed by atoms with E-state index in [0.29, 0.717) is 17.9 Å². The van der Waals surface area contributed by atoms with Crippen molar-refractivity contribution in [3.8, 4) is 11.8 Å². The van der Waals surface area contributed by atoms with Gasteiger partial charge in [0, 0.05) is 29.4 Å². The van der Waals surface area contributed by atoms with Crippen molar-refractivity contribution in [1.82, 2.24) is 9.97 Å². The summed E-state index contributed by atoms with van der Waals surface area (Å²) < 4.78 is 5.17. The first-order valence-corrected chi connectivity index (χ1v) is 8.84. The molecule has 0 atom stereocenters. The predicted molar refractivity (Wildman–Crippen MR) is 99.0 cm³/mol. The summed E-state index contributed by atoms with van der Waals surface area (Å²) in [5.74, 6) is 0.452. The molecule has 0 spiro atoms. The van der Waals surface area contributed by atoms with Crippen LogP contribution in [0.15, 0.2) is 54.0 Å². The first kappa shape index (κ1) is 17.6. The fraction of sp³-hybridized carbons (Fsp3) is 0.158. The highest BCUT2D eigenvalue weighted by Gasteiger charge is 2.09. The quantitative estimate of drug-likeness (QED) is 0.695. The summed E-state index contributed by atoms with van der Waals surface area (Å²) in [7, 11) is 0. The van der Waals surface area contributed by atoms with E-state index in [2.05, 4.69) is 15.3 Å². The summed E-state index contributed by atoms with van der Waals surface area (Å²) in [5.41, 5.74) is 2.37. The summed E-state index contributed by atoms with van der Waals surface area (Å²) in [4.78, 5) is 21.0. The second-order valence-corrected chi connectivity index (χ2v) is 6.37. The van der Waals surface area contributed by atoms with Gasteiger partial charge in [0.15, 0.2) is 6.61 Å². The minimum absolute atomic E-state index is 0.00361. The van der Waals surface area contributed by atoms with Crippen LogP contribution in [0.3, 0.4) is 0 Å². The van der Waals surface area contributed by atoms with Gasteiger partial charge >= 0.3 is 0 Å². The number of hydrogen-bond donors (Lipinski definition) is 1. The maximum absolute atomic E-state index is 12.2. The van der Waals surface area contributed by atoms with Gasteiger partial charge in [0.1, 0.15) is 11.8 Å². The SMILES string of the molecule is N#CCOc1ccc(NC(=O)Cc2csc(Cc3ccccn3)n2)cc1. The summed E-state index contributed by atoms with van der Waals surface area (Å²) in [6.07, 6.45) is 2.64. The molecule has 0 aliphatic rings. The number of pyridine rings is 1. The lowest BCUT2D eigenvalue weighted by atomic mass is 10.2. The van der Waals surface area contributed by atoms with Crippen LogP contribution in [0.4, 0.5) is 5.69 Å². The van der Waals surface area contributed by atoms with Crippen LogP contribution < -0.4 is 10.1 Å². The van der Waals surface area contributed by atoms with E-state index in [4.69, 9.17) is 10.00 Å². The molecule has 1 amide bonds. The zero-order chi connectivity index (χ0) is 18.2. The monoisotopic (exact) mass is 364 g/mol. The molecule has 0 fully saturated rings. The van der Waals surface area contributed by atoms with E-state index in [0.717, 1.165) is 16.4 Å². The normalized spacial score (nSPS) is 10.1. The molecule has 2 heterocycles. The lowest BCUT2D eigenvalue weighted by Crippen LogP contribution is -2.14. The number of benzene rings is 1. The second-order valence-electron chi connectivity index (χ2n) is 5.43. The van der Waals surface area contributed by atoms with E-state index in [-0.39, 0.29) is 18.9 Å². The van der Waals surface area contributed by atoms with Gasteiger partial charge in [-0.15, -0.1) is 11.3 Å². The summed E-state index contributed by atoms with van der Waals surface area (Å²) >= 11 is 1.53. The van der Waals surface area contributed by atoms with E-state index >= 15 is 0 Å². The Morgan fingerprint density at radius 3 is 2.77 bits per heavy atom. The molecular formula is C19H16N4O2S. The van der Waals surface area contributed by atoms with Crippen LogP contribution in [-0.4, -0.2) is 22.5 Å². The average molecular weight is 364 g/mol. The number of nitriles is 1. The number of ether oxygens (including phenoxy) is 1. The topological polar surface area (TPSA) is 87.9 Å². The molecule has 1 N–H and O–H groups in total. The van der Waals surface area contributed by atoms with Crippen molar-refractivity contribution in [3.63, 3.8) is 0 Å². The lowest BCUT2D eigenvalue weighted by Gasteiger charge is -2.06. The molecule has 2 aromatic heterocycles. The van der Waals surface area contributed by atoms with Gasteiger partial charge in [-0.25, -0.2) is 4.98 Å². The zero-order valence-corrected chi connectivity index (χ0v) is 14.7. The number of carbonyl (C=O) groups excluding carboxylic acids is 1. The highest BCUT2D eigenvalue weighted by molar-refractivity contribution is 7.09. The summed E-state index contributed by atoms with van der Waals surface area (Å²) in [5, 5.41) is 14.1. The van der Waals surface area contributed by atoms with Crippen molar-refractivity contribution < 1.29 is 9.53 Å². The highest BCUT2D eigenvalue weighted by Crippen LogP contribution is 2.17. The first-order valence-electron chi connectivity index (χ1n) is 7.96. The van der Waals surface area contributed by atoms with Crippen molar-refractivity contribution in [1.29, 1.82) is 5.26 Å². The van der Waals surface area contributed by atoms with Gasteiger partial charge in [-0.2, -0.15) is 5.26 Å². The van der Waals surface area contributed by atoms with Crippen LogP contribution in [0, 0.1) is 11.3 Å². The summed E-state index contributed by atoms with van der Waals surface area (Å²) in [6.45, 7) is -0.00361. The fourth-order valence-corrected chi connectivity index (χ4v) is 3.10. The van der Waals surface area contributed by atoms with Gasteiger partial charge in [-0.3, -0.25) is 9.78 Å². The Bertz CT molecular complexity index is 901. The van der Waals surface area contributed by atoms with E-state index in [1.54, 1.807) is 30.5 Å². The molecule has 0 saturated heterocycles. The van der Waals surface area contributed by atoms with Crippen LogP contribution in [0.2, 0.25) is 0 Å². The Morgan fingerprint density at radius 2 is 2.04 bits per heavy atom. The molecule has 7 heteroatoms. The third-order valence-corrected chi connectivity index (χ3v) is 4.34. The molecule has 3 aromatic rings. The third-order valence-electron chi connectivity index (χ3n) is 3.44. The van der Waals surface area contributed by atoms with Crippen molar-refractivity contribution in [3.05, 3.63) is 70.4 Å². The predicted octanol–water partition coefficient (Wildman–Crippen LogP) is 3.21. The summed E-state index contributed by atoms with van der Waals surface area (Å²) in [6, 6.07) is 14.6. The van der Waals surface area contributed by atoms with E-state index in [1.165, 1.54) is 11.3 Å². The number of thiazole rings is 1. The molecule has 0 radical (unpaired) electrons. The van der Waals surface area contributed by atoms with Gasteiger partial charge in [0.25, 0.3) is 0 Å². The second kappa shape index (κ2) is 8.74.